The number of fused-ring (bicyclic) bond motifs is 1. The van der Waals surface area contributed by atoms with E-state index in [9.17, 15) is 0 Å². The fraction of sp³-hybridized carbons (Fsp3) is 0.467. The third kappa shape index (κ3) is 3.55. The Morgan fingerprint density at radius 1 is 1.12 bits per heavy atom. The number of rotatable bonds is 7. The standard InChI is InChI=1S/C15H21NS/c1-2-3-4-7-10-16-11-13-12-17-15-9-6-5-8-14(13)15/h5-6,8-9,12,16H,2-4,7,10-11H2,1H3. The molecule has 0 aliphatic carbocycles. The van der Waals surface area contributed by atoms with E-state index >= 15 is 0 Å². The summed E-state index contributed by atoms with van der Waals surface area (Å²) in [5.74, 6) is 0. The van der Waals surface area contributed by atoms with Crippen LogP contribution in [-0.4, -0.2) is 6.54 Å². The summed E-state index contributed by atoms with van der Waals surface area (Å²) in [6.45, 7) is 4.41. The fourth-order valence-corrected chi connectivity index (χ4v) is 3.03. The first kappa shape index (κ1) is 12.6. The number of hydrogen-bond acceptors (Lipinski definition) is 2. The van der Waals surface area contributed by atoms with Crippen molar-refractivity contribution in [3.63, 3.8) is 0 Å². The first-order valence-corrected chi connectivity index (χ1v) is 7.45. The van der Waals surface area contributed by atoms with Crippen molar-refractivity contribution in [2.45, 2.75) is 39.2 Å². The van der Waals surface area contributed by atoms with Crippen LogP contribution in [0.4, 0.5) is 0 Å². The van der Waals surface area contributed by atoms with E-state index in [2.05, 4.69) is 41.9 Å². The van der Waals surface area contributed by atoms with E-state index in [-0.39, 0.29) is 0 Å². The molecule has 2 heteroatoms. The van der Waals surface area contributed by atoms with Crippen molar-refractivity contribution in [2.75, 3.05) is 6.54 Å². The molecule has 0 bridgehead atoms. The maximum atomic E-state index is 3.55. The lowest BCUT2D eigenvalue weighted by molar-refractivity contribution is 0.599. The quantitative estimate of drug-likeness (QED) is 0.707. The van der Waals surface area contributed by atoms with Gasteiger partial charge in [-0.25, -0.2) is 0 Å². The Kier molecular flexibility index (Phi) is 5.02. The van der Waals surface area contributed by atoms with Gasteiger partial charge >= 0.3 is 0 Å². The van der Waals surface area contributed by atoms with E-state index in [0.717, 1.165) is 13.1 Å². The monoisotopic (exact) mass is 247 g/mol. The summed E-state index contributed by atoms with van der Waals surface area (Å²) in [5.41, 5.74) is 1.45. The summed E-state index contributed by atoms with van der Waals surface area (Å²) in [6, 6.07) is 8.66. The minimum Gasteiger partial charge on any atom is -0.313 e. The number of unbranched alkanes of at least 4 members (excludes halogenated alkanes) is 3. The van der Waals surface area contributed by atoms with E-state index in [1.807, 2.05) is 11.3 Å². The Morgan fingerprint density at radius 3 is 2.88 bits per heavy atom. The molecule has 2 rings (SSSR count). The lowest BCUT2D eigenvalue weighted by atomic mass is 10.1. The fourth-order valence-electron chi connectivity index (χ4n) is 2.07. The zero-order valence-electron chi connectivity index (χ0n) is 10.5. The van der Waals surface area contributed by atoms with E-state index in [1.54, 1.807) is 0 Å². The Balaban J connectivity index is 1.79. The minimum atomic E-state index is 1.01. The van der Waals surface area contributed by atoms with Crippen LogP contribution in [0.15, 0.2) is 29.6 Å². The van der Waals surface area contributed by atoms with Gasteiger partial charge in [0.15, 0.2) is 0 Å². The van der Waals surface area contributed by atoms with Crippen molar-refractivity contribution in [3.05, 3.63) is 35.2 Å². The lowest BCUT2D eigenvalue weighted by Gasteiger charge is -2.03. The van der Waals surface area contributed by atoms with Crippen LogP contribution >= 0.6 is 11.3 Å². The second-order valence-electron chi connectivity index (χ2n) is 4.49. The van der Waals surface area contributed by atoms with Gasteiger partial charge in [-0.05, 0) is 35.4 Å². The van der Waals surface area contributed by atoms with Crippen LogP contribution in [0.2, 0.25) is 0 Å². The highest BCUT2D eigenvalue weighted by Gasteiger charge is 2.01. The maximum absolute atomic E-state index is 3.55. The average Bonchev–Trinajstić information content (AvgIpc) is 2.77. The summed E-state index contributed by atoms with van der Waals surface area (Å²) in [7, 11) is 0. The average molecular weight is 247 g/mol. The smallest absolute Gasteiger partial charge is 0.0346 e. The molecule has 1 aromatic carbocycles. The third-order valence-electron chi connectivity index (χ3n) is 3.08. The van der Waals surface area contributed by atoms with Crippen LogP contribution in [0.5, 0.6) is 0 Å². The first-order chi connectivity index (χ1) is 8.42. The molecule has 0 saturated heterocycles. The Hall–Kier alpha value is -0.860. The predicted molar refractivity (Wildman–Crippen MR) is 77.7 cm³/mol. The van der Waals surface area contributed by atoms with Crippen molar-refractivity contribution in [2.24, 2.45) is 0 Å². The third-order valence-corrected chi connectivity index (χ3v) is 4.10. The number of benzene rings is 1. The van der Waals surface area contributed by atoms with Crippen molar-refractivity contribution >= 4 is 21.4 Å². The molecule has 0 unspecified atom stereocenters. The molecule has 1 nitrogen and oxygen atoms in total. The van der Waals surface area contributed by atoms with Crippen molar-refractivity contribution in [1.29, 1.82) is 0 Å². The second kappa shape index (κ2) is 6.77. The largest absolute Gasteiger partial charge is 0.313 e. The van der Waals surface area contributed by atoms with Gasteiger partial charge in [-0.2, -0.15) is 0 Å². The highest BCUT2D eigenvalue weighted by molar-refractivity contribution is 7.17. The van der Waals surface area contributed by atoms with E-state index in [0.29, 0.717) is 0 Å². The molecule has 0 saturated carbocycles. The SMILES string of the molecule is CCCCCCNCc1csc2ccccc12. The molecular formula is C15H21NS. The van der Waals surface area contributed by atoms with Gasteiger partial charge in [-0.1, -0.05) is 44.4 Å². The van der Waals surface area contributed by atoms with Crippen LogP contribution in [-0.2, 0) is 6.54 Å². The van der Waals surface area contributed by atoms with E-state index < -0.39 is 0 Å². The van der Waals surface area contributed by atoms with Gasteiger partial charge in [0.2, 0.25) is 0 Å². The molecule has 1 aromatic heterocycles. The van der Waals surface area contributed by atoms with Gasteiger partial charge in [-0.3, -0.25) is 0 Å². The predicted octanol–water partition coefficient (Wildman–Crippen LogP) is 4.57. The molecule has 0 aliphatic heterocycles. The molecule has 92 valence electrons. The molecule has 1 N–H and O–H groups in total. The van der Waals surface area contributed by atoms with Crippen molar-refractivity contribution in [1.82, 2.24) is 5.32 Å². The topological polar surface area (TPSA) is 12.0 Å². The van der Waals surface area contributed by atoms with Gasteiger partial charge in [0.05, 0.1) is 0 Å². The zero-order valence-corrected chi connectivity index (χ0v) is 11.4. The van der Waals surface area contributed by atoms with Gasteiger partial charge in [0, 0.05) is 11.2 Å². The molecule has 0 atom stereocenters. The Morgan fingerprint density at radius 2 is 2.00 bits per heavy atom. The Labute approximate surface area is 108 Å². The van der Waals surface area contributed by atoms with Crippen LogP contribution in [0, 0.1) is 0 Å². The van der Waals surface area contributed by atoms with Crippen LogP contribution in [0.3, 0.4) is 0 Å². The summed E-state index contributed by atoms with van der Waals surface area (Å²) < 4.78 is 1.40. The molecule has 0 spiro atoms. The van der Waals surface area contributed by atoms with E-state index in [4.69, 9.17) is 0 Å². The van der Waals surface area contributed by atoms with Gasteiger partial charge in [0.1, 0.15) is 0 Å². The van der Waals surface area contributed by atoms with Crippen LogP contribution < -0.4 is 5.32 Å². The van der Waals surface area contributed by atoms with Crippen LogP contribution in [0.25, 0.3) is 10.1 Å². The summed E-state index contributed by atoms with van der Waals surface area (Å²) >= 11 is 1.85. The normalized spacial score (nSPS) is 11.1. The summed E-state index contributed by atoms with van der Waals surface area (Å²) in [4.78, 5) is 0. The van der Waals surface area contributed by atoms with Gasteiger partial charge in [0.25, 0.3) is 0 Å². The van der Waals surface area contributed by atoms with Gasteiger partial charge in [-0.15, -0.1) is 11.3 Å². The highest BCUT2D eigenvalue weighted by atomic mass is 32.1. The van der Waals surface area contributed by atoms with Crippen molar-refractivity contribution < 1.29 is 0 Å². The van der Waals surface area contributed by atoms with Crippen molar-refractivity contribution in [3.8, 4) is 0 Å². The molecule has 0 fully saturated rings. The van der Waals surface area contributed by atoms with E-state index in [1.165, 1.54) is 41.3 Å². The zero-order chi connectivity index (χ0) is 11.9. The van der Waals surface area contributed by atoms with Crippen LogP contribution in [0.1, 0.15) is 38.2 Å². The highest BCUT2D eigenvalue weighted by Crippen LogP contribution is 2.25. The molecule has 0 radical (unpaired) electrons. The minimum absolute atomic E-state index is 1.01. The summed E-state index contributed by atoms with van der Waals surface area (Å²) in [6.07, 6.45) is 5.34. The molecule has 0 amide bonds. The Bertz CT molecular complexity index is 447. The molecule has 0 aliphatic rings. The number of hydrogen-bond donors (Lipinski definition) is 1. The maximum Gasteiger partial charge on any atom is 0.0346 e. The lowest BCUT2D eigenvalue weighted by Crippen LogP contribution is -2.14. The second-order valence-corrected chi connectivity index (χ2v) is 5.41. The molecule has 2 aromatic rings. The molecular weight excluding hydrogens is 226 g/mol. The summed E-state index contributed by atoms with van der Waals surface area (Å²) in [5, 5.41) is 7.24. The number of thiophene rings is 1. The molecule has 17 heavy (non-hydrogen) atoms. The number of nitrogens with one attached hydrogen (secondary N) is 1. The van der Waals surface area contributed by atoms with Gasteiger partial charge < -0.3 is 5.32 Å². The first-order valence-electron chi connectivity index (χ1n) is 6.57. The molecule has 1 heterocycles.